The van der Waals surface area contributed by atoms with Crippen molar-refractivity contribution in [1.82, 2.24) is 20.6 Å². The Labute approximate surface area is 289 Å². The van der Waals surface area contributed by atoms with Crippen molar-refractivity contribution in [3.63, 3.8) is 0 Å². The molecule has 0 aromatic heterocycles. The molecule has 3 heterocycles. The first-order valence-corrected chi connectivity index (χ1v) is 16.9. The number of carbonyl (C=O) groups excluding carboxylic acids is 4. The number of aliphatic hydroxyl groups excluding tert-OH is 2. The number of fused-ring (bicyclic) bond motifs is 5. The highest BCUT2D eigenvalue weighted by atomic mass is 16.8. The Hall–Kier alpha value is -4.18. The van der Waals surface area contributed by atoms with Crippen molar-refractivity contribution in [1.29, 1.82) is 0 Å². The van der Waals surface area contributed by atoms with Crippen LogP contribution in [0.4, 0.5) is 0 Å². The molecule has 3 amide bonds. The fraction of sp³-hybridized carbons (Fsp3) is 0.500. The molecule has 2 bridgehead atoms. The second-order valence-electron chi connectivity index (χ2n) is 13.9. The topological polar surface area (TPSA) is 176 Å². The maximum absolute atomic E-state index is 14.6. The normalized spacial score (nSPS) is 30.0. The van der Waals surface area contributed by atoms with Gasteiger partial charge in [0.05, 0.1) is 19.3 Å². The minimum Gasteiger partial charge on any atom is -0.458 e. The molecule has 14 heteroatoms. The number of hydroxylamine groups is 2. The van der Waals surface area contributed by atoms with Gasteiger partial charge in [-0.2, -0.15) is 5.06 Å². The van der Waals surface area contributed by atoms with Gasteiger partial charge in [0.15, 0.2) is 11.8 Å². The molecule has 4 N–H and O–H groups in total. The number of benzene rings is 2. The van der Waals surface area contributed by atoms with Crippen molar-refractivity contribution < 1.29 is 48.4 Å². The van der Waals surface area contributed by atoms with Crippen LogP contribution >= 0.6 is 0 Å². The monoisotopic (exact) mass is 690 g/mol. The second-order valence-corrected chi connectivity index (χ2v) is 13.9. The lowest BCUT2D eigenvalue weighted by atomic mass is 9.62. The summed E-state index contributed by atoms with van der Waals surface area (Å²) in [4.78, 5) is 61.7. The second kappa shape index (κ2) is 13.2. The Balaban J connectivity index is 1.21. The van der Waals surface area contributed by atoms with E-state index in [0.717, 1.165) is 22.3 Å². The molecule has 0 radical (unpaired) electrons. The summed E-state index contributed by atoms with van der Waals surface area (Å²) >= 11 is 0. The van der Waals surface area contributed by atoms with Crippen LogP contribution < -0.4 is 10.6 Å². The first-order valence-electron chi connectivity index (χ1n) is 16.9. The van der Waals surface area contributed by atoms with Gasteiger partial charge in [-0.15, -0.1) is 0 Å². The van der Waals surface area contributed by atoms with E-state index < -0.39 is 71.6 Å². The van der Waals surface area contributed by atoms with Crippen LogP contribution in [-0.2, 0) is 57.6 Å². The highest BCUT2D eigenvalue weighted by Gasteiger charge is 2.76. The average Bonchev–Trinajstić information content (AvgIpc) is 3.76. The van der Waals surface area contributed by atoms with E-state index in [9.17, 15) is 29.4 Å². The van der Waals surface area contributed by atoms with Gasteiger partial charge in [-0.05, 0) is 35.3 Å². The van der Waals surface area contributed by atoms with E-state index in [1.54, 1.807) is 20.2 Å². The van der Waals surface area contributed by atoms with Gasteiger partial charge in [0.2, 0.25) is 17.7 Å². The SMILES string of the molecule is C[C@H](O)[C@@H](NC(=O)[C@@]12C[C@H]3OC(=O)[C@@H]1N(Cc1ccc(C=CC(=O)N(C)C)cc1)O[C@@H]2[C@H]1OC2(Cc4ccccc4C2)O[C@H]13)C(=O)NCCO. The summed E-state index contributed by atoms with van der Waals surface area (Å²) in [5, 5.41) is 26.4. The Morgan fingerprint density at radius 2 is 1.74 bits per heavy atom. The molecule has 50 heavy (non-hydrogen) atoms. The van der Waals surface area contributed by atoms with Crippen molar-refractivity contribution in [3.8, 4) is 0 Å². The zero-order valence-electron chi connectivity index (χ0n) is 28.1. The van der Waals surface area contributed by atoms with Crippen molar-refractivity contribution >= 4 is 29.8 Å². The number of carbonyl (C=O) groups is 4. The largest absolute Gasteiger partial charge is 0.458 e. The number of nitrogens with zero attached hydrogens (tertiary/aromatic N) is 2. The molecule has 2 aromatic carbocycles. The highest BCUT2D eigenvalue weighted by molar-refractivity contribution is 5.96. The maximum atomic E-state index is 14.6. The fourth-order valence-corrected chi connectivity index (χ4v) is 7.96. The summed E-state index contributed by atoms with van der Waals surface area (Å²) in [6.07, 6.45) is -0.467. The van der Waals surface area contributed by atoms with Gasteiger partial charge in [-0.3, -0.25) is 24.0 Å². The fourth-order valence-electron chi connectivity index (χ4n) is 7.96. The summed E-state index contributed by atoms with van der Waals surface area (Å²) in [6.45, 7) is 1.08. The summed E-state index contributed by atoms with van der Waals surface area (Å²) in [5.41, 5.74) is 2.16. The van der Waals surface area contributed by atoms with E-state index in [0.29, 0.717) is 12.8 Å². The van der Waals surface area contributed by atoms with Crippen LogP contribution in [0.1, 0.15) is 35.6 Å². The molecule has 8 atom stereocenters. The number of hydrogen-bond donors (Lipinski definition) is 4. The third-order valence-electron chi connectivity index (χ3n) is 10.4. The van der Waals surface area contributed by atoms with Gasteiger partial charge in [-0.25, -0.2) is 0 Å². The predicted molar refractivity (Wildman–Crippen MR) is 175 cm³/mol. The smallest absolute Gasteiger partial charge is 0.327 e. The zero-order chi connectivity index (χ0) is 35.4. The molecule has 4 fully saturated rings. The summed E-state index contributed by atoms with van der Waals surface area (Å²) in [7, 11) is 3.34. The number of ether oxygens (including phenoxy) is 3. The molecule has 3 aliphatic heterocycles. The number of aliphatic hydroxyl groups is 2. The Morgan fingerprint density at radius 3 is 2.38 bits per heavy atom. The molecule has 266 valence electrons. The van der Waals surface area contributed by atoms with Gasteiger partial charge in [0.1, 0.15) is 35.9 Å². The summed E-state index contributed by atoms with van der Waals surface area (Å²) in [5.74, 6) is -3.20. The van der Waals surface area contributed by atoms with Crippen LogP contribution in [0, 0.1) is 5.41 Å². The molecular formula is C36H42N4O10. The van der Waals surface area contributed by atoms with Crippen LogP contribution in [0.2, 0.25) is 0 Å². The number of rotatable bonds is 10. The number of nitrogens with one attached hydrogen (secondary N) is 2. The lowest BCUT2D eigenvalue weighted by Gasteiger charge is -2.49. The predicted octanol–water partition coefficient (Wildman–Crippen LogP) is -0.159. The Morgan fingerprint density at radius 1 is 1.06 bits per heavy atom. The minimum atomic E-state index is -1.57. The van der Waals surface area contributed by atoms with Crippen LogP contribution in [0.3, 0.4) is 0 Å². The lowest BCUT2D eigenvalue weighted by Crippen LogP contribution is -2.71. The van der Waals surface area contributed by atoms with Gasteiger partial charge in [0, 0.05) is 46.0 Å². The quantitative estimate of drug-likeness (QED) is 0.193. The van der Waals surface area contributed by atoms with Crippen LogP contribution in [0.25, 0.3) is 6.08 Å². The first kappa shape index (κ1) is 34.3. The third-order valence-corrected chi connectivity index (χ3v) is 10.4. The van der Waals surface area contributed by atoms with Gasteiger partial charge < -0.3 is 40.0 Å². The zero-order valence-corrected chi connectivity index (χ0v) is 28.1. The molecule has 2 aromatic rings. The molecule has 5 aliphatic rings. The van der Waals surface area contributed by atoms with Crippen LogP contribution in [-0.4, -0.2) is 120 Å². The molecule has 3 saturated heterocycles. The lowest BCUT2D eigenvalue weighted by molar-refractivity contribution is -0.217. The Kier molecular flexibility index (Phi) is 9.03. The molecule has 0 unspecified atom stereocenters. The van der Waals surface area contributed by atoms with Crippen molar-refractivity contribution in [2.75, 3.05) is 27.2 Å². The molecular weight excluding hydrogens is 648 g/mol. The van der Waals surface area contributed by atoms with Gasteiger partial charge in [-0.1, -0.05) is 48.5 Å². The van der Waals surface area contributed by atoms with Crippen LogP contribution in [0.5, 0.6) is 0 Å². The van der Waals surface area contributed by atoms with Crippen molar-refractivity contribution in [2.45, 2.75) is 81.1 Å². The maximum Gasteiger partial charge on any atom is 0.327 e. The van der Waals surface area contributed by atoms with E-state index in [1.165, 1.54) is 23.0 Å². The standard InChI is InChI=1S/C36H42N4O10/c1-20(42)27(32(44)37-14-15-41)38-34(46)36-18-25-28-29(49-35(48-28)16-23-6-4-5-7-24(23)17-35)31(36)50-40(30(36)33(45)47-25)19-22-10-8-21(9-11-22)12-13-26(43)39(2)3/h4-13,20,25,27-31,41-42H,14-19H2,1-3H3,(H,37,44)(H,38,46)/t20-,25+,27+,28-,29-,30-,31+,36-/m0/s1. The highest BCUT2D eigenvalue weighted by Crippen LogP contribution is 2.58. The number of esters is 1. The van der Waals surface area contributed by atoms with Gasteiger partial charge >= 0.3 is 5.97 Å². The molecule has 2 aliphatic carbocycles. The minimum absolute atomic E-state index is 0.0401. The van der Waals surface area contributed by atoms with E-state index in [4.69, 9.17) is 19.0 Å². The first-order chi connectivity index (χ1) is 23.9. The third kappa shape index (κ3) is 5.89. The van der Waals surface area contributed by atoms with E-state index in [2.05, 4.69) is 10.6 Å². The van der Waals surface area contributed by atoms with E-state index in [-0.39, 0.29) is 32.0 Å². The van der Waals surface area contributed by atoms with Crippen molar-refractivity contribution in [2.24, 2.45) is 5.41 Å². The number of likely N-dealkylation sites (N-methyl/N-ethyl adjacent to an activating group) is 1. The summed E-state index contributed by atoms with van der Waals surface area (Å²) < 4.78 is 19.4. The average molecular weight is 691 g/mol. The molecule has 1 saturated carbocycles. The van der Waals surface area contributed by atoms with Crippen LogP contribution in [0.15, 0.2) is 54.6 Å². The molecule has 14 nitrogen and oxygen atoms in total. The van der Waals surface area contributed by atoms with Crippen molar-refractivity contribution in [3.05, 3.63) is 76.9 Å². The number of amides is 3. The van der Waals surface area contributed by atoms with E-state index >= 15 is 0 Å². The van der Waals surface area contributed by atoms with E-state index in [1.807, 2.05) is 48.5 Å². The molecule has 7 rings (SSSR count). The molecule has 1 spiro atoms. The van der Waals surface area contributed by atoms with Gasteiger partial charge in [0.25, 0.3) is 0 Å². The summed E-state index contributed by atoms with van der Waals surface area (Å²) in [6, 6.07) is 12.7. The Bertz CT molecular complexity index is 1670. The number of hydrogen-bond acceptors (Lipinski definition) is 11.